The first kappa shape index (κ1) is 10.8. The molecule has 0 saturated heterocycles. The van der Waals surface area contributed by atoms with E-state index in [1.807, 2.05) is 0 Å². The van der Waals surface area contributed by atoms with E-state index < -0.39 is 20.8 Å². The highest BCUT2D eigenvalue weighted by molar-refractivity contribution is 7.58. The van der Waals surface area contributed by atoms with Crippen molar-refractivity contribution in [2.24, 2.45) is 0 Å². The van der Waals surface area contributed by atoms with Gasteiger partial charge in [-0.2, -0.15) is 0 Å². The molecule has 0 aliphatic heterocycles. The zero-order chi connectivity index (χ0) is 9.28. The van der Waals surface area contributed by atoms with Gasteiger partial charge >= 0.3 is 15.3 Å². The Labute approximate surface area is 62.1 Å². The second kappa shape index (κ2) is 3.06. The average molecular weight is 203 g/mol. The van der Waals surface area contributed by atoms with Gasteiger partial charge in [0.2, 0.25) is 0 Å². The van der Waals surface area contributed by atoms with Gasteiger partial charge in [-0.25, -0.2) is 4.57 Å². The highest BCUT2D eigenvalue weighted by Gasteiger charge is 2.24. The molecule has 7 nitrogen and oxygen atoms in total. The SMILES string of the molecule is C=C(NP(=O)(O)O)P(=O)(O)O. The summed E-state index contributed by atoms with van der Waals surface area (Å²) >= 11 is 0. The molecule has 0 bridgehead atoms. The highest BCUT2D eigenvalue weighted by Crippen LogP contribution is 2.46. The van der Waals surface area contributed by atoms with Gasteiger partial charge in [-0.3, -0.25) is 9.65 Å². The highest BCUT2D eigenvalue weighted by atomic mass is 31.2. The van der Waals surface area contributed by atoms with Crippen LogP contribution in [-0.4, -0.2) is 19.6 Å². The minimum absolute atomic E-state index is 0.995. The van der Waals surface area contributed by atoms with Crippen molar-refractivity contribution in [3.63, 3.8) is 0 Å². The molecular weight excluding hydrogens is 196 g/mol. The molecule has 0 fully saturated rings. The van der Waals surface area contributed by atoms with Crippen molar-refractivity contribution in [3.8, 4) is 0 Å². The molecule has 0 unspecified atom stereocenters. The van der Waals surface area contributed by atoms with E-state index in [0.29, 0.717) is 0 Å². The summed E-state index contributed by atoms with van der Waals surface area (Å²) < 4.78 is 20.3. The van der Waals surface area contributed by atoms with Crippen molar-refractivity contribution in [2.45, 2.75) is 0 Å². The Balaban J connectivity index is 4.35. The zero-order valence-electron chi connectivity index (χ0n) is 5.21. The fourth-order valence-electron chi connectivity index (χ4n) is 0.233. The van der Waals surface area contributed by atoms with Crippen molar-refractivity contribution in [1.29, 1.82) is 0 Å². The molecule has 0 aromatic rings. The van der Waals surface area contributed by atoms with E-state index in [-0.39, 0.29) is 0 Å². The van der Waals surface area contributed by atoms with Crippen LogP contribution < -0.4 is 5.09 Å². The van der Waals surface area contributed by atoms with Crippen LogP contribution in [0.15, 0.2) is 12.0 Å². The van der Waals surface area contributed by atoms with Crippen LogP contribution >= 0.6 is 15.3 Å². The second-order valence-electron chi connectivity index (χ2n) is 1.65. The van der Waals surface area contributed by atoms with Crippen LogP contribution in [0, 0.1) is 0 Å². The maximum absolute atomic E-state index is 10.2. The van der Waals surface area contributed by atoms with Crippen molar-refractivity contribution in [3.05, 3.63) is 12.0 Å². The molecule has 9 heteroatoms. The van der Waals surface area contributed by atoms with Gasteiger partial charge in [0.25, 0.3) is 0 Å². The Morgan fingerprint density at radius 3 is 1.64 bits per heavy atom. The fourth-order valence-corrected chi connectivity index (χ4v) is 1.48. The first-order valence-corrected chi connectivity index (χ1v) is 5.44. The minimum Gasteiger partial charge on any atom is -0.320 e. The molecule has 0 aliphatic rings. The number of hydrogen-bond donors (Lipinski definition) is 5. The third kappa shape index (κ3) is 5.15. The fraction of sp³-hybridized carbons (Fsp3) is 0. The van der Waals surface area contributed by atoms with Gasteiger partial charge in [-0.05, 0) is 0 Å². The third-order valence-corrected chi connectivity index (χ3v) is 2.18. The van der Waals surface area contributed by atoms with Gasteiger partial charge in [0.15, 0.2) is 0 Å². The first-order valence-electron chi connectivity index (χ1n) is 2.22. The summed E-state index contributed by atoms with van der Waals surface area (Å²) in [4.78, 5) is 32.8. The van der Waals surface area contributed by atoms with Crippen molar-refractivity contribution in [1.82, 2.24) is 5.09 Å². The van der Waals surface area contributed by atoms with Crippen LogP contribution in [0.5, 0.6) is 0 Å². The van der Waals surface area contributed by atoms with Gasteiger partial charge in [0.05, 0.1) is 0 Å². The smallest absolute Gasteiger partial charge is 0.320 e. The predicted molar refractivity (Wildman–Crippen MR) is 36.4 cm³/mol. The predicted octanol–water partition coefficient (Wildman–Crippen LogP) is -0.682. The first-order chi connectivity index (χ1) is 4.63. The number of hydrogen-bond acceptors (Lipinski definition) is 2. The summed E-state index contributed by atoms with van der Waals surface area (Å²) in [6.07, 6.45) is 0. The van der Waals surface area contributed by atoms with Gasteiger partial charge in [-0.15, -0.1) is 0 Å². The average Bonchev–Trinajstić information content (AvgIpc) is 1.56. The molecule has 0 radical (unpaired) electrons. The van der Waals surface area contributed by atoms with E-state index in [2.05, 4.69) is 6.58 Å². The Morgan fingerprint density at radius 1 is 1.18 bits per heavy atom. The summed E-state index contributed by atoms with van der Waals surface area (Å²) in [5.74, 6) is 0. The molecule has 0 saturated carbocycles. The number of nitrogens with one attached hydrogen (secondary N) is 1. The molecule has 66 valence electrons. The number of rotatable bonds is 3. The van der Waals surface area contributed by atoms with E-state index in [4.69, 9.17) is 19.6 Å². The third-order valence-electron chi connectivity index (χ3n) is 0.626. The molecule has 0 heterocycles. The zero-order valence-corrected chi connectivity index (χ0v) is 7.00. The molecule has 5 N–H and O–H groups in total. The van der Waals surface area contributed by atoms with Crippen molar-refractivity contribution >= 4 is 15.3 Å². The lowest BCUT2D eigenvalue weighted by Crippen LogP contribution is -2.08. The van der Waals surface area contributed by atoms with Gasteiger partial charge in [0.1, 0.15) is 5.44 Å². The maximum Gasteiger partial charge on any atom is 0.427 e. The summed E-state index contributed by atoms with van der Waals surface area (Å²) in [5.41, 5.74) is -0.995. The van der Waals surface area contributed by atoms with Crippen LogP contribution in [0.4, 0.5) is 0 Å². The molecule has 0 aliphatic carbocycles. The van der Waals surface area contributed by atoms with E-state index >= 15 is 0 Å². The topological polar surface area (TPSA) is 127 Å². The standard InChI is InChI=1S/C2H7NO6P2/c1-2(10(4,5)6)3-11(7,8)9/h1H2,(H2,4,5,6)(H3,3,7,8,9). The van der Waals surface area contributed by atoms with Gasteiger partial charge < -0.3 is 19.6 Å². The van der Waals surface area contributed by atoms with Crippen LogP contribution in [0.2, 0.25) is 0 Å². The Bertz CT molecular complexity index is 247. The Morgan fingerprint density at radius 2 is 1.55 bits per heavy atom. The van der Waals surface area contributed by atoms with E-state index in [1.165, 1.54) is 5.09 Å². The normalized spacial score (nSPS) is 12.7. The summed E-state index contributed by atoms with van der Waals surface area (Å²) in [6.45, 7) is 2.74. The monoisotopic (exact) mass is 203 g/mol. The molecular formula is C2H7NO6P2. The molecule has 0 amide bonds. The lowest BCUT2D eigenvalue weighted by atomic mass is 11.1. The Kier molecular flexibility index (Phi) is 3.02. The summed E-state index contributed by atoms with van der Waals surface area (Å²) in [5, 5.41) is 1.27. The Hall–Kier alpha value is -0.160. The van der Waals surface area contributed by atoms with Crippen LogP contribution in [0.1, 0.15) is 0 Å². The second-order valence-corrected chi connectivity index (χ2v) is 4.59. The summed E-state index contributed by atoms with van der Waals surface area (Å²) in [7, 11) is -9.31. The molecule has 0 aromatic heterocycles. The van der Waals surface area contributed by atoms with E-state index in [9.17, 15) is 9.13 Å². The lowest BCUT2D eigenvalue weighted by molar-refractivity contribution is 0.355. The molecule has 0 rings (SSSR count). The van der Waals surface area contributed by atoms with E-state index in [1.54, 1.807) is 0 Å². The maximum atomic E-state index is 10.2. The van der Waals surface area contributed by atoms with Crippen LogP contribution in [-0.2, 0) is 9.13 Å². The molecule has 11 heavy (non-hydrogen) atoms. The van der Waals surface area contributed by atoms with Gasteiger partial charge in [0, 0.05) is 0 Å². The lowest BCUT2D eigenvalue weighted by Gasteiger charge is -2.10. The van der Waals surface area contributed by atoms with Crippen molar-refractivity contribution in [2.75, 3.05) is 0 Å². The molecule has 0 spiro atoms. The van der Waals surface area contributed by atoms with Crippen LogP contribution in [0.25, 0.3) is 0 Å². The summed E-state index contributed by atoms with van der Waals surface area (Å²) in [6, 6.07) is 0. The van der Waals surface area contributed by atoms with Crippen molar-refractivity contribution < 1.29 is 28.7 Å². The largest absolute Gasteiger partial charge is 0.427 e. The van der Waals surface area contributed by atoms with Gasteiger partial charge in [-0.1, -0.05) is 6.58 Å². The van der Waals surface area contributed by atoms with E-state index in [0.717, 1.165) is 0 Å². The van der Waals surface area contributed by atoms with Crippen LogP contribution in [0.3, 0.4) is 0 Å². The molecule has 0 atom stereocenters. The molecule has 0 aromatic carbocycles. The minimum atomic E-state index is -4.66. The quantitative estimate of drug-likeness (QED) is 0.384.